The summed E-state index contributed by atoms with van der Waals surface area (Å²) >= 11 is 6.57. The molecule has 3 heterocycles. The fourth-order valence-corrected chi connectivity index (χ4v) is 6.79. The van der Waals surface area contributed by atoms with Crippen LogP contribution in [0.2, 0.25) is 5.02 Å². The fraction of sp³-hybridized carbons (Fsp3) is 0.273. The molecule has 2 unspecified atom stereocenters. The summed E-state index contributed by atoms with van der Waals surface area (Å²) in [5.74, 6) is 1.19. The van der Waals surface area contributed by atoms with Crippen molar-refractivity contribution in [1.29, 1.82) is 0 Å². The number of phenolic OH excluding ortho intramolecular Hbond substituents is 1. The predicted molar refractivity (Wildman–Crippen MR) is 161 cm³/mol. The van der Waals surface area contributed by atoms with Gasteiger partial charge in [0.2, 0.25) is 0 Å². The number of carbonyl (C=O) groups excluding carboxylic acids is 1. The van der Waals surface area contributed by atoms with Crippen LogP contribution in [-0.4, -0.2) is 46.0 Å². The van der Waals surface area contributed by atoms with E-state index in [0.717, 1.165) is 29.4 Å². The lowest BCUT2D eigenvalue weighted by Gasteiger charge is -2.33. The van der Waals surface area contributed by atoms with Crippen LogP contribution in [0, 0.1) is 17.7 Å². The molecular formula is C33H28ClFN4O3. The predicted octanol–water partition coefficient (Wildman–Crippen LogP) is 7.01. The number of fused-ring (bicyclic) bond motifs is 4. The highest BCUT2D eigenvalue weighted by molar-refractivity contribution is 6.36. The number of ether oxygens (including phenoxy) is 1. The molecular weight excluding hydrogens is 555 g/mol. The first kappa shape index (κ1) is 26.6. The van der Waals surface area contributed by atoms with Crippen molar-refractivity contribution in [2.45, 2.75) is 25.7 Å². The van der Waals surface area contributed by atoms with Crippen molar-refractivity contribution in [1.82, 2.24) is 15.0 Å². The van der Waals surface area contributed by atoms with Crippen molar-refractivity contribution >= 4 is 45.4 Å². The summed E-state index contributed by atoms with van der Waals surface area (Å²) in [6.07, 6.45) is 6.34. The van der Waals surface area contributed by atoms with Gasteiger partial charge in [-0.15, -0.1) is 0 Å². The standard InChI is InChI=1S/C33H28ClFN4O3/c34-26-6-2-4-22-3-1-5-24(28(22)26)30-29(35)31-25(15-36-30)32(39-16-20-7-8-21(13-20)17-39)38-33(37-31)42-12-11-19-9-10-27(41)23(14-19)18-40/h1-6,9-10,14-15,18,20-21,41H,7-8,11-13,16-17H2. The summed E-state index contributed by atoms with van der Waals surface area (Å²) in [7, 11) is 0. The van der Waals surface area contributed by atoms with E-state index in [1.165, 1.54) is 25.3 Å². The van der Waals surface area contributed by atoms with Crippen molar-refractivity contribution < 1.29 is 19.0 Å². The van der Waals surface area contributed by atoms with Crippen LogP contribution >= 0.6 is 11.6 Å². The van der Waals surface area contributed by atoms with Crippen molar-refractivity contribution in [2.24, 2.45) is 11.8 Å². The Labute approximate surface area is 247 Å². The molecule has 5 aromatic rings. The highest BCUT2D eigenvalue weighted by Crippen LogP contribution is 2.41. The van der Waals surface area contributed by atoms with Crippen molar-refractivity contribution in [3.05, 3.63) is 82.8 Å². The van der Waals surface area contributed by atoms with Gasteiger partial charge in [0.25, 0.3) is 0 Å². The van der Waals surface area contributed by atoms with Crippen LogP contribution in [0.1, 0.15) is 35.2 Å². The number of hydrogen-bond donors (Lipinski definition) is 1. The quantitative estimate of drug-likeness (QED) is 0.206. The van der Waals surface area contributed by atoms with E-state index < -0.39 is 5.82 Å². The summed E-state index contributed by atoms with van der Waals surface area (Å²) in [5.41, 5.74) is 1.94. The normalized spacial score (nSPS) is 18.1. The van der Waals surface area contributed by atoms with E-state index >= 15 is 4.39 Å². The lowest BCUT2D eigenvalue weighted by atomic mass is 9.98. The van der Waals surface area contributed by atoms with Crippen molar-refractivity contribution in [2.75, 3.05) is 24.6 Å². The Morgan fingerprint density at radius 1 is 1.07 bits per heavy atom. The van der Waals surface area contributed by atoms with Gasteiger partial charge in [-0.3, -0.25) is 9.78 Å². The van der Waals surface area contributed by atoms with Gasteiger partial charge < -0.3 is 14.7 Å². The van der Waals surface area contributed by atoms with Crippen LogP contribution in [-0.2, 0) is 6.42 Å². The molecule has 2 fully saturated rings. The summed E-state index contributed by atoms with van der Waals surface area (Å²) in [4.78, 5) is 27.4. The molecule has 1 saturated heterocycles. The third-order valence-electron chi connectivity index (χ3n) is 8.50. The van der Waals surface area contributed by atoms with Gasteiger partial charge in [-0.25, -0.2) is 4.39 Å². The molecule has 212 valence electrons. The molecule has 7 rings (SSSR count). The van der Waals surface area contributed by atoms with E-state index in [-0.39, 0.29) is 35.1 Å². The molecule has 2 bridgehead atoms. The molecule has 7 nitrogen and oxygen atoms in total. The number of carbonyl (C=O) groups is 1. The zero-order valence-electron chi connectivity index (χ0n) is 22.8. The molecule has 0 amide bonds. The Kier molecular flexibility index (Phi) is 6.86. The Hall–Kier alpha value is -4.30. The molecule has 0 spiro atoms. The number of aromatic hydroxyl groups is 1. The second kappa shape index (κ2) is 10.8. The lowest BCUT2D eigenvalue weighted by Crippen LogP contribution is -2.37. The number of pyridine rings is 1. The average molecular weight is 583 g/mol. The first-order valence-corrected chi connectivity index (χ1v) is 14.5. The largest absolute Gasteiger partial charge is 0.507 e. The van der Waals surface area contributed by atoms with Crippen LogP contribution in [0.3, 0.4) is 0 Å². The van der Waals surface area contributed by atoms with E-state index in [1.54, 1.807) is 24.4 Å². The smallest absolute Gasteiger partial charge is 0.319 e. The van der Waals surface area contributed by atoms with E-state index in [1.807, 2.05) is 30.3 Å². The van der Waals surface area contributed by atoms with Crippen molar-refractivity contribution in [3.8, 4) is 23.0 Å². The number of rotatable bonds is 7. The SMILES string of the molecule is O=Cc1cc(CCOc2nc(N3CC4CCC(C4)C3)c3cnc(-c4cccc5cccc(Cl)c45)c(F)c3n2)ccc1O. The Morgan fingerprint density at radius 3 is 2.64 bits per heavy atom. The molecule has 2 atom stereocenters. The fourth-order valence-electron chi connectivity index (χ4n) is 6.50. The summed E-state index contributed by atoms with van der Waals surface area (Å²) in [6.45, 7) is 1.91. The van der Waals surface area contributed by atoms with Gasteiger partial charge in [0.15, 0.2) is 12.1 Å². The first-order chi connectivity index (χ1) is 20.5. The molecule has 0 radical (unpaired) electrons. The third kappa shape index (κ3) is 4.79. The van der Waals surface area contributed by atoms with Crippen LogP contribution < -0.4 is 9.64 Å². The number of hydrogen-bond acceptors (Lipinski definition) is 7. The number of aromatic nitrogens is 3. The minimum Gasteiger partial charge on any atom is -0.507 e. The lowest BCUT2D eigenvalue weighted by molar-refractivity contribution is 0.112. The van der Waals surface area contributed by atoms with E-state index in [0.29, 0.717) is 46.3 Å². The van der Waals surface area contributed by atoms with Gasteiger partial charge in [-0.05, 0) is 60.2 Å². The second-order valence-corrected chi connectivity index (χ2v) is 11.6. The molecule has 42 heavy (non-hydrogen) atoms. The van der Waals surface area contributed by atoms with E-state index in [4.69, 9.17) is 21.3 Å². The van der Waals surface area contributed by atoms with Crippen LogP contribution in [0.25, 0.3) is 32.9 Å². The molecule has 3 aromatic carbocycles. The number of halogens is 2. The van der Waals surface area contributed by atoms with Gasteiger partial charge >= 0.3 is 6.01 Å². The third-order valence-corrected chi connectivity index (χ3v) is 8.81. The van der Waals surface area contributed by atoms with Gasteiger partial charge in [-0.1, -0.05) is 48.0 Å². The zero-order chi connectivity index (χ0) is 28.8. The number of phenols is 1. The highest BCUT2D eigenvalue weighted by atomic mass is 35.5. The van der Waals surface area contributed by atoms with Gasteiger partial charge in [-0.2, -0.15) is 9.97 Å². The molecule has 1 aliphatic heterocycles. The minimum absolute atomic E-state index is 0.0694. The number of benzene rings is 3. The van der Waals surface area contributed by atoms with E-state index in [2.05, 4.69) is 14.9 Å². The average Bonchev–Trinajstić information content (AvgIpc) is 3.35. The van der Waals surface area contributed by atoms with Gasteiger partial charge in [0.1, 0.15) is 22.8 Å². The number of piperidine rings is 1. The monoisotopic (exact) mass is 582 g/mol. The number of nitrogens with zero attached hydrogens (tertiary/aromatic N) is 4. The molecule has 1 saturated carbocycles. The number of anilines is 1. The van der Waals surface area contributed by atoms with Gasteiger partial charge in [0, 0.05) is 41.7 Å². The van der Waals surface area contributed by atoms with Crippen LogP contribution in [0.5, 0.6) is 11.8 Å². The maximum Gasteiger partial charge on any atom is 0.319 e. The number of aldehydes is 1. The summed E-state index contributed by atoms with van der Waals surface area (Å²) < 4.78 is 22.5. The summed E-state index contributed by atoms with van der Waals surface area (Å²) in [6, 6.07) is 16.1. The maximum absolute atomic E-state index is 16.5. The molecule has 1 N–H and O–H groups in total. The van der Waals surface area contributed by atoms with Crippen LogP contribution in [0.15, 0.2) is 60.8 Å². The minimum atomic E-state index is -0.553. The van der Waals surface area contributed by atoms with Crippen LogP contribution in [0.4, 0.5) is 10.2 Å². The first-order valence-electron chi connectivity index (χ1n) is 14.2. The molecule has 1 aliphatic carbocycles. The Morgan fingerprint density at radius 2 is 1.86 bits per heavy atom. The zero-order valence-corrected chi connectivity index (χ0v) is 23.5. The highest BCUT2D eigenvalue weighted by Gasteiger charge is 2.34. The molecule has 2 aliphatic rings. The second-order valence-electron chi connectivity index (χ2n) is 11.2. The van der Waals surface area contributed by atoms with Crippen molar-refractivity contribution in [3.63, 3.8) is 0 Å². The Balaban J connectivity index is 1.30. The Bertz CT molecular complexity index is 1830. The maximum atomic E-state index is 16.5. The topological polar surface area (TPSA) is 88.4 Å². The molecule has 9 heteroatoms. The van der Waals surface area contributed by atoms with Gasteiger partial charge in [0.05, 0.1) is 17.6 Å². The summed E-state index contributed by atoms with van der Waals surface area (Å²) in [5, 5.41) is 12.5. The van der Waals surface area contributed by atoms with E-state index in [9.17, 15) is 9.90 Å². The molecule has 2 aromatic heterocycles.